The SMILES string of the molecule is CC(C)CC(=O)NC1CCCN(c2nccn3c(=O)[nH]nc23)C1. The van der Waals surface area contributed by atoms with Crippen LogP contribution in [0.25, 0.3) is 5.65 Å². The van der Waals surface area contributed by atoms with E-state index in [2.05, 4.69) is 25.4 Å². The Morgan fingerprint density at radius 2 is 2.35 bits per heavy atom. The van der Waals surface area contributed by atoms with Gasteiger partial charge in [0.2, 0.25) is 11.6 Å². The Morgan fingerprint density at radius 3 is 3.13 bits per heavy atom. The van der Waals surface area contributed by atoms with Gasteiger partial charge in [0.15, 0.2) is 5.82 Å². The lowest BCUT2D eigenvalue weighted by atomic mass is 10.0. The fourth-order valence-corrected chi connectivity index (χ4v) is 3.00. The van der Waals surface area contributed by atoms with Crippen molar-refractivity contribution in [2.24, 2.45) is 5.92 Å². The molecule has 2 N–H and O–H groups in total. The zero-order valence-electron chi connectivity index (χ0n) is 13.5. The molecule has 2 aromatic heterocycles. The van der Waals surface area contributed by atoms with E-state index in [1.54, 1.807) is 12.4 Å². The van der Waals surface area contributed by atoms with Gasteiger partial charge in [-0.05, 0) is 18.8 Å². The van der Waals surface area contributed by atoms with Gasteiger partial charge < -0.3 is 10.2 Å². The number of rotatable bonds is 4. The molecule has 2 aromatic rings. The lowest BCUT2D eigenvalue weighted by Gasteiger charge is -2.34. The number of aromatic nitrogens is 4. The van der Waals surface area contributed by atoms with E-state index in [4.69, 9.17) is 0 Å². The summed E-state index contributed by atoms with van der Waals surface area (Å²) >= 11 is 0. The van der Waals surface area contributed by atoms with E-state index >= 15 is 0 Å². The molecule has 1 atom stereocenters. The molecule has 3 rings (SSSR count). The average Bonchev–Trinajstić information content (AvgIpc) is 2.88. The summed E-state index contributed by atoms with van der Waals surface area (Å²) in [5, 5.41) is 9.59. The Labute approximate surface area is 133 Å². The summed E-state index contributed by atoms with van der Waals surface area (Å²) in [6.45, 7) is 5.58. The van der Waals surface area contributed by atoms with Crippen molar-refractivity contribution in [1.29, 1.82) is 0 Å². The summed E-state index contributed by atoms with van der Waals surface area (Å²) in [6, 6.07) is 0.0997. The Bertz CT molecular complexity index is 750. The van der Waals surface area contributed by atoms with Gasteiger partial charge in [0.25, 0.3) is 0 Å². The zero-order valence-corrected chi connectivity index (χ0v) is 13.5. The Balaban J connectivity index is 1.75. The van der Waals surface area contributed by atoms with E-state index in [9.17, 15) is 9.59 Å². The number of amides is 1. The maximum Gasteiger partial charge on any atom is 0.347 e. The third kappa shape index (κ3) is 3.35. The number of carbonyl (C=O) groups excluding carboxylic acids is 1. The third-order valence-corrected chi connectivity index (χ3v) is 4.00. The highest BCUT2D eigenvalue weighted by atomic mass is 16.2. The maximum absolute atomic E-state index is 12.0. The summed E-state index contributed by atoms with van der Waals surface area (Å²) in [7, 11) is 0. The van der Waals surface area contributed by atoms with E-state index in [-0.39, 0.29) is 17.6 Å². The first-order valence-electron chi connectivity index (χ1n) is 8.00. The molecule has 0 spiro atoms. The van der Waals surface area contributed by atoms with Crippen LogP contribution in [0.5, 0.6) is 0 Å². The standard InChI is InChI=1S/C15H22N6O2/c1-10(2)8-12(22)17-11-4-3-6-20(9-11)13-14-18-19-15(23)21(14)7-5-16-13/h5,7,10-11H,3-4,6,8-9H2,1-2H3,(H,17,22)(H,19,23). The number of hydrogen-bond acceptors (Lipinski definition) is 5. The van der Waals surface area contributed by atoms with E-state index in [0.717, 1.165) is 19.4 Å². The van der Waals surface area contributed by atoms with Crippen LogP contribution in [0.1, 0.15) is 33.1 Å². The molecule has 1 unspecified atom stereocenters. The van der Waals surface area contributed by atoms with Crippen molar-refractivity contribution in [2.45, 2.75) is 39.2 Å². The van der Waals surface area contributed by atoms with Gasteiger partial charge in [-0.15, -0.1) is 5.10 Å². The highest BCUT2D eigenvalue weighted by Gasteiger charge is 2.24. The van der Waals surface area contributed by atoms with E-state index in [1.165, 1.54) is 4.40 Å². The monoisotopic (exact) mass is 318 g/mol. The quantitative estimate of drug-likeness (QED) is 0.858. The Morgan fingerprint density at radius 1 is 1.52 bits per heavy atom. The molecule has 1 aliphatic rings. The van der Waals surface area contributed by atoms with Crippen molar-refractivity contribution in [3.8, 4) is 0 Å². The number of nitrogens with one attached hydrogen (secondary N) is 2. The number of aromatic amines is 1. The predicted octanol–water partition coefficient (Wildman–Crippen LogP) is 0.549. The maximum atomic E-state index is 12.0. The normalized spacial score (nSPS) is 18.6. The molecule has 1 aliphatic heterocycles. The van der Waals surface area contributed by atoms with Gasteiger partial charge in [-0.3, -0.25) is 4.79 Å². The number of carbonyl (C=O) groups is 1. The topological polar surface area (TPSA) is 95.4 Å². The van der Waals surface area contributed by atoms with Gasteiger partial charge >= 0.3 is 5.69 Å². The van der Waals surface area contributed by atoms with Gasteiger partial charge in [-0.1, -0.05) is 13.8 Å². The van der Waals surface area contributed by atoms with Crippen molar-refractivity contribution in [3.05, 3.63) is 22.9 Å². The molecule has 124 valence electrons. The first kappa shape index (κ1) is 15.5. The first-order valence-corrected chi connectivity index (χ1v) is 8.00. The number of piperidine rings is 1. The van der Waals surface area contributed by atoms with Crippen molar-refractivity contribution < 1.29 is 4.79 Å². The molecule has 8 heteroatoms. The highest BCUT2D eigenvalue weighted by molar-refractivity contribution is 5.76. The summed E-state index contributed by atoms with van der Waals surface area (Å²) in [6.07, 6.45) is 5.65. The number of anilines is 1. The predicted molar refractivity (Wildman–Crippen MR) is 86.4 cm³/mol. The molecule has 0 saturated carbocycles. The van der Waals surface area contributed by atoms with Crippen LogP contribution >= 0.6 is 0 Å². The second-order valence-corrected chi connectivity index (χ2v) is 6.42. The van der Waals surface area contributed by atoms with Crippen LogP contribution < -0.4 is 15.9 Å². The molecule has 0 radical (unpaired) electrons. The van der Waals surface area contributed by atoms with Crippen LogP contribution in [0.4, 0.5) is 5.82 Å². The highest BCUT2D eigenvalue weighted by Crippen LogP contribution is 2.20. The molecule has 0 bridgehead atoms. The van der Waals surface area contributed by atoms with Crippen LogP contribution in [0.15, 0.2) is 17.2 Å². The van der Waals surface area contributed by atoms with Gasteiger partial charge in [-0.2, -0.15) is 0 Å². The van der Waals surface area contributed by atoms with Crippen molar-refractivity contribution in [1.82, 2.24) is 24.9 Å². The minimum absolute atomic E-state index is 0.0917. The fourth-order valence-electron chi connectivity index (χ4n) is 3.00. The smallest absolute Gasteiger partial charge is 0.347 e. The third-order valence-electron chi connectivity index (χ3n) is 4.00. The molecule has 3 heterocycles. The van der Waals surface area contributed by atoms with E-state index < -0.39 is 0 Å². The molecule has 1 amide bonds. The van der Waals surface area contributed by atoms with Gasteiger partial charge in [0, 0.05) is 37.9 Å². The van der Waals surface area contributed by atoms with Crippen LogP contribution in [0, 0.1) is 5.92 Å². The Kier molecular flexibility index (Phi) is 4.31. The van der Waals surface area contributed by atoms with Crippen molar-refractivity contribution in [3.63, 3.8) is 0 Å². The van der Waals surface area contributed by atoms with Crippen LogP contribution in [-0.4, -0.2) is 44.6 Å². The minimum Gasteiger partial charge on any atom is -0.352 e. The lowest BCUT2D eigenvalue weighted by molar-refractivity contribution is -0.122. The van der Waals surface area contributed by atoms with Gasteiger partial charge in [-0.25, -0.2) is 19.3 Å². The summed E-state index contributed by atoms with van der Waals surface area (Å²) in [5.74, 6) is 1.11. The molecular weight excluding hydrogens is 296 g/mol. The van der Waals surface area contributed by atoms with Crippen molar-refractivity contribution >= 4 is 17.4 Å². The van der Waals surface area contributed by atoms with E-state index in [1.807, 2.05) is 13.8 Å². The molecule has 8 nitrogen and oxygen atoms in total. The number of fused-ring (bicyclic) bond motifs is 1. The summed E-state index contributed by atoms with van der Waals surface area (Å²) in [4.78, 5) is 30.1. The van der Waals surface area contributed by atoms with Crippen molar-refractivity contribution in [2.75, 3.05) is 18.0 Å². The largest absolute Gasteiger partial charge is 0.352 e. The lowest BCUT2D eigenvalue weighted by Crippen LogP contribution is -2.48. The zero-order chi connectivity index (χ0) is 16.4. The Hall–Kier alpha value is -2.38. The molecule has 1 fully saturated rings. The molecule has 23 heavy (non-hydrogen) atoms. The fraction of sp³-hybridized carbons (Fsp3) is 0.600. The number of H-pyrrole nitrogens is 1. The molecule has 1 saturated heterocycles. The van der Waals surface area contributed by atoms with Crippen LogP contribution in [0.2, 0.25) is 0 Å². The van der Waals surface area contributed by atoms with Gasteiger partial charge in [0.1, 0.15) is 0 Å². The first-order chi connectivity index (χ1) is 11.0. The molecule has 0 aromatic carbocycles. The second kappa shape index (κ2) is 6.39. The summed E-state index contributed by atoms with van der Waals surface area (Å²) in [5.41, 5.74) is 0.245. The molecular formula is C15H22N6O2. The molecule has 0 aliphatic carbocycles. The summed E-state index contributed by atoms with van der Waals surface area (Å²) < 4.78 is 1.45. The number of nitrogens with zero attached hydrogens (tertiary/aromatic N) is 4. The van der Waals surface area contributed by atoms with Crippen LogP contribution in [-0.2, 0) is 4.79 Å². The van der Waals surface area contributed by atoms with E-state index in [0.29, 0.717) is 30.3 Å². The minimum atomic E-state index is -0.276. The van der Waals surface area contributed by atoms with Gasteiger partial charge in [0.05, 0.1) is 0 Å². The average molecular weight is 318 g/mol. The number of hydrogen-bond donors (Lipinski definition) is 2. The second-order valence-electron chi connectivity index (χ2n) is 6.42. The van der Waals surface area contributed by atoms with Crippen LogP contribution in [0.3, 0.4) is 0 Å².